The van der Waals surface area contributed by atoms with Crippen LogP contribution >= 0.6 is 11.3 Å². The molecule has 0 saturated carbocycles. The highest BCUT2D eigenvalue weighted by Gasteiger charge is 2.18. The van der Waals surface area contributed by atoms with Crippen molar-refractivity contribution in [1.82, 2.24) is 20.4 Å². The lowest BCUT2D eigenvalue weighted by atomic mass is 10.3. The number of anilines is 1. The summed E-state index contributed by atoms with van der Waals surface area (Å²) in [6.45, 7) is 5.07. The zero-order valence-electron chi connectivity index (χ0n) is 9.85. The molecule has 1 aromatic heterocycles. The molecule has 1 aromatic rings. The van der Waals surface area contributed by atoms with Crippen LogP contribution in [0.4, 0.5) is 9.93 Å². The van der Waals surface area contributed by atoms with E-state index in [1.54, 1.807) is 5.51 Å². The van der Waals surface area contributed by atoms with E-state index in [9.17, 15) is 4.79 Å². The van der Waals surface area contributed by atoms with E-state index in [1.807, 2.05) is 0 Å². The fraction of sp³-hybridized carbons (Fsp3) is 0.700. The smallest absolute Gasteiger partial charge is 0.321 e. The first-order chi connectivity index (χ1) is 8.25. The molecule has 7 heteroatoms. The minimum Gasteiger partial charge on any atom is -0.336 e. The van der Waals surface area contributed by atoms with Crippen LogP contribution in [0.25, 0.3) is 0 Å². The molecule has 6 nitrogen and oxygen atoms in total. The summed E-state index contributed by atoms with van der Waals surface area (Å²) in [6.07, 6.45) is 2.53. The third kappa shape index (κ3) is 3.64. The molecule has 1 fully saturated rings. The molecule has 1 aliphatic heterocycles. The highest BCUT2D eigenvalue weighted by atomic mass is 32.1. The largest absolute Gasteiger partial charge is 0.336 e. The average molecular weight is 255 g/mol. The minimum atomic E-state index is -0.215. The van der Waals surface area contributed by atoms with Crippen LogP contribution in [0.2, 0.25) is 0 Å². The first-order valence-corrected chi connectivity index (χ1v) is 6.69. The summed E-state index contributed by atoms with van der Waals surface area (Å²) in [4.78, 5) is 13.9. The lowest BCUT2D eigenvalue weighted by molar-refractivity contribution is 0.234. The molecular formula is C10H17N5OS. The summed E-state index contributed by atoms with van der Waals surface area (Å²) in [5.41, 5.74) is 1.59. The van der Waals surface area contributed by atoms with E-state index in [4.69, 9.17) is 0 Å². The van der Waals surface area contributed by atoms with Gasteiger partial charge in [0, 0.05) is 12.6 Å². The Morgan fingerprint density at radius 2 is 2.35 bits per heavy atom. The standard InChI is InChI=1S/C10H17N5OS/c1-8(15-4-2-3-5-15)6-11-9(16)13-10-14-12-7-17-10/h7-8H,2-6H2,1H3,(H2,11,13,14,16). The van der Waals surface area contributed by atoms with E-state index in [-0.39, 0.29) is 6.03 Å². The van der Waals surface area contributed by atoms with E-state index in [0.29, 0.717) is 17.7 Å². The maximum Gasteiger partial charge on any atom is 0.321 e. The molecule has 0 aromatic carbocycles. The summed E-state index contributed by atoms with van der Waals surface area (Å²) >= 11 is 1.31. The summed E-state index contributed by atoms with van der Waals surface area (Å²) in [6, 6.07) is 0.172. The number of aromatic nitrogens is 2. The van der Waals surface area contributed by atoms with Crippen molar-refractivity contribution in [3.63, 3.8) is 0 Å². The van der Waals surface area contributed by atoms with Crippen molar-refractivity contribution in [2.75, 3.05) is 25.0 Å². The Bertz CT molecular complexity index is 350. The fourth-order valence-corrected chi connectivity index (χ4v) is 2.36. The number of amides is 2. The Labute approximate surface area is 104 Å². The summed E-state index contributed by atoms with van der Waals surface area (Å²) < 4.78 is 0. The third-order valence-corrected chi connectivity index (χ3v) is 3.51. The number of carbonyl (C=O) groups is 1. The molecule has 2 rings (SSSR count). The zero-order chi connectivity index (χ0) is 12.1. The third-order valence-electron chi connectivity index (χ3n) is 2.90. The van der Waals surface area contributed by atoms with E-state index in [0.717, 1.165) is 13.1 Å². The molecule has 0 aliphatic carbocycles. The van der Waals surface area contributed by atoms with Gasteiger partial charge in [0.15, 0.2) is 0 Å². The Hall–Kier alpha value is -1.21. The lowest BCUT2D eigenvalue weighted by Gasteiger charge is -2.23. The second-order valence-electron chi connectivity index (χ2n) is 4.17. The number of urea groups is 1. The maximum atomic E-state index is 11.5. The topological polar surface area (TPSA) is 70.1 Å². The highest BCUT2D eigenvalue weighted by molar-refractivity contribution is 7.13. The molecule has 1 aliphatic rings. The van der Waals surface area contributed by atoms with Crippen LogP contribution in [0.3, 0.4) is 0 Å². The molecule has 2 heterocycles. The molecule has 2 N–H and O–H groups in total. The van der Waals surface area contributed by atoms with Crippen molar-refractivity contribution in [2.24, 2.45) is 0 Å². The van der Waals surface area contributed by atoms with Gasteiger partial charge in [0.25, 0.3) is 0 Å². The molecule has 94 valence electrons. The van der Waals surface area contributed by atoms with Crippen LogP contribution in [-0.2, 0) is 0 Å². The van der Waals surface area contributed by atoms with Gasteiger partial charge in [0.2, 0.25) is 5.13 Å². The molecule has 0 bridgehead atoms. The molecule has 1 unspecified atom stereocenters. The van der Waals surface area contributed by atoms with Gasteiger partial charge >= 0.3 is 6.03 Å². The van der Waals surface area contributed by atoms with E-state index in [2.05, 4.69) is 32.7 Å². The first kappa shape index (κ1) is 12.3. The number of rotatable bonds is 4. The molecule has 0 spiro atoms. The van der Waals surface area contributed by atoms with Crippen LogP contribution < -0.4 is 10.6 Å². The average Bonchev–Trinajstić information content (AvgIpc) is 2.97. The predicted octanol–water partition coefficient (Wildman–Crippen LogP) is 1.14. The van der Waals surface area contributed by atoms with E-state index in [1.165, 1.54) is 24.2 Å². The molecule has 17 heavy (non-hydrogen) atoms. The van der Waals surface area contributed by atoms with Gasteiger partial charge < -0.3 is 5.32 Å². The van der Waals surface area contributed by atoms with Gasteiger partial charge in [0.05, 0.1) is 0 Å². The molecule has 0 radical (unpaired) electrons. The van der Waals surface area contributed by atoms with Crippen molar-refractivity contribution in [2.45, 2.75) is 25.8 Å². The van der Waals surface area contributed by atoms with Gasteiger partial charge in [-0.3, -0.25) is 10.2 Å². The first-order valence-electron chi connectivity index (χ1n) is 5.81. The van der Waals surface area contributed by atoms with Gasteiger partial charge in [-0.2, -0.15) is 0 Å². The second-order valence-corrected chi connectivity index (χ2v) is 5.00. The van der Waals surface area contributed by atoms with Crippen LogP contribution in [0.15, 0.2) is 5.51 Å². The van der Waals surface area contributed by atoms with Crippen molar-refractivity contribution in [3.8, 4) is 0 Å². The van der Waals surface area contributed by atoms with Crippen LogP contribution in [0.5, 0.6) is 0 Å². The quantitative estimate of drug-likeness (QED) is 0.846. The van der Waals surface area contributed by atoms with Crippen LogP contribution in [0.1, 0.15) is 19.8 Å². The molecule has 2 amide bonds. The monoisotopic (exact) mass is 255 g/mol. The highest BCUT2D eigenvalue weighted by Crippen LogP contribution is 2.11. The minimum absolute atomic E-state index is 0.215. The van der Waals surface area contributed by atoms with E-state index >= 15 is 0 Å². The lowest BCUT2D eigenvalue weighted by Crippen LogP contribution is -2.42. The van der Waals surface area contributed by atoms with E-state index < -0.39 is 0 Å². The number of nitrogens with one attached hydrogen (secondary N) is 2. The molecule has 1 atom stereocenters. The van der Waals surface area contributed by atoms with Gasteiger partial charge in [-0.1, -0.05) is 11.3 Å². The summed E-state index contributed by atoms with van der Waals surface area (Å²) in [5, 5.41) is 13.4. The second kappa shape index (κ2) is 5.92. The van der Waals surface area contributed by atoms with Crippen molar-refractivity contribution in [1.29, 1.82) is 0 Å². The molecule has 1 saturated heterocycles. The van der Waals surface area contributed by atoms with Crippen LogP contribution in [0, 0.1) is 0 Å². The van der Waals surface area contributed by atoms with Crippen LogP contribution in [-0.4, -0.2) is 46.8 Å². The summed E-state index contributed by atoms with van der Waals surface area (Å²) in [7, 11) is 0. The number of nitrogens with zero attached hydrogens (tertiary/aromatic N) is 3. The Kier molecular flexibility index (Phi) is 4.27. The Balaban J connectivity index is 1.68. The Morgan fingerprint density at radius 1 is 1.59 bits per heavy atom. The van der Waals surface area contributed by atoms with Crippen molar-refractivity contribution >= 4 is 22.5 Å². The fourth-order valence-electron chi connectivity index (χ4n) is 1.92. The summed E-state index contributed by atoms with van der Waals surface area (Å²) in [5.74, 6) is 0. The molecular weight excluding hydrogens is 238 g/mol. The number of carbonyl (C=O) groups excluding carboxylic acids is 1. The van der Waals surface area contributed by atoms with Crippen molar-refractivity contribution in [3.05, 3.63) is 5.51 Å². The van der Waals surface area contributed by atoms with Gasteiger partial charge in [-0.05, 0) is 32.9 Å². The van der Waals surface area contributed by atoms with Gasteiger partial charge in [0.1, 0.15) is 5.51 Å². The maximum absolute atomic E-state index is 11.5. The zero-order valence-corrected chi connectivity index (χ0v) is 10.7. The van der Waals surface area contributed by atoms with Crippen molar-refractivity contribution < 1.29 is 4.79 Å². The number of likely N-dealkylation sites (tertiary alicyclic amines) is 1. The van der Waals surface area contributed by atoms with Gasteiger partial charge in [-0.25, -0.2) is 4.79 Å². The number of hydrogen-bond acceptors (Lipinski definition) is 5. The number of hydrogen-bond donors (Lipinski definition) is 2. The SMILES string of the molecule is CC(CNC(=O)Nc1nncs1)N1CCCC1. The normalized spacial score (nSPS) is 17.9. The predicted molar refractivity (Wildman–Crippen MR) is 67.2 cm³/mol. The Morgan fingerprint density at radius 3 is 3.00 bits per heavy atom. The van der Waals surface area contributed by atoms with Gasteiger partial charge in [-0.15, -0.1) is 10.2 Å².